The van der Waals surface area contributed by atoms with Crippen molar-refractivity contribution in [3.8, 4) is 11.5 Å². The summed E-state index contributed by atoms with van der Waals surface area (Å²) < 4.78 is 7.15. The van der Waals surface area contributed by atoms with Crippen molar-refractivity contribution in [2.75, 3.05) is 18.4 Å². The predicted octanol–water partition coefficient (Wildman–Crippen LogP) is 5.32. The number of rotatable bonds is 6. The summed E-state index contributed by atoms with van der Waals surface area (Å²) in [6.07, 6.45) is 2.50. The number of fused-ring (bicyclic) bond motifs is 1. The number of hydrogen-bond acceptors (Lipinski definition) is 6. The first-order chi connectivity index (χ1) is 18.3. The third-order valence-electron chi connectivity index (χ3n) is 6.74. The summed E-state index contributed by atoms with van der Waals surface area (Å²) >= 11 is 1.17. The molecule has 196 valence electrons. The Balaban J connectivity index is 1.31. The van der Waals surface area contributed by atoms with Gasteiger partial charge in [0, 0.05) is 18.8 Å². The van der Waals surface area contributed by atoms with E-state index in [1.807, 2.05) is 35.2 Å². The van der Waals surface area contributed by atoms with Crippen LogP contribution in [0.3, 0.4) is 0 Å². The van der Waals surface area contributed by atoms with E-state index < -0.39 is 0 Å². The van der Waals surface area contributed by atoms with Crippen LogP contribution >= 0.6 is 11.3 Å². The molecule has 1 aliphatic heterocycles. The summed E-state index contributed by atoms with van der Waals surface area (Å²) in [4.78, 5) is 46.5. The van der Waals surface area contributed by atoms with Crippen LogP contribution in [0.2, 0.25) is 0 Å². The molecule has 0 spiro atoms. The molecule has 1 aliphatic rings. The normalized spacial score (nSPS) is 17.4. The van der Waals surface area contributed by atoms with Crippen LogP contribution in [-0.2, 0) is 11.3 Å². The molecule has 9 heteroatoms. The number of nitrogens with zero attached hydrogens (tertiary/aromatic N) is 3. The summed E-state index contributed by atoms with van der Waals surface area (Å²) in [5.41, 5.74) is 0.857. The molecule has 2 amide bonds. The summed E-state index contributed by atoms with van der Waals surface area (Å²) in [6.45, 7) is 7.38. The van der Waals surface area contributed by atoms with Gasteiger partial charge in [-0.1, -0.05) is 32.0 Å². The van der Waals surface area contributed by atoms with Gasteiger partial charge in [0.2, 0.25) is 5.91 Å². The first-order valence-electron chi connectivity index (χ1n) is 12.7. The Kier molecular flexibility index (Phi) is 7.28. The molecule has 5 rings (SSSR count). The van der Waals surface area contributed by atoms with Crippen LogP contribution < -0.4 is 15.6 Å². The highest BCUT2D eigenvalue weighted by Gasteiger charge is 2.26. The number of para-hydroxylation sites is 1. The SMILES string of the molecule is Cc1c(C(=O)Nc2ccc(Oc3ccccc3)cc2)sc2ncn(CC(=O)N3C[C@H](C)C[C@H](C)C3)c(=O)c12. The standard InChI is InChI=1S/C29H30N4O4S/c1-18-13-19(2)15-32(14-18)24(34)16-33-17-30-28-25(29(33)36)20(3)26(38-28)27(35)31-21-9-11-23(12-10-21)37-22-7-5-4-6-8-22/h4-12,17-19H,13-16H2,1-3H3,(H,31,35)/t18-,19+. The molecule has 0 aliphatic carbocycles. The second-order valence-corrected chi connectivity index (χ2v) is 11.1. The van der Waals surface area contributed by atoms with Gasteiger partial charge in [-0.15, -0.1) is 11.3 Å². The zero-order chi connectivity index (χ0) is 26.8. The van der Waals surface area contributed by atoms with E-state index in [0.29, 0.717) is 57.0 Å². The number of benzene rings is 2. The fourth-order valence-corrected chi connectivity index (χ4v) is 6.05. The van der Waals surface area contributed by atoms with E-state index in [2.05, 4.69) is 24.1 Å². The maximum atomic E-state index is 13.3. The highest BCUT2D eigenvalue weighted by molar-refractivity contribution is 7.20. The van der Waals surface area contributed by atoms with Crippen molar-refractivity contribution in [1.82, 2.24) is 14.5 Å². The number of aryl methyl sites for hydroxylation is 1. The minimum atomic E-state index is -0.319. The summed E-state index contributed by atoms with van der Waals surface area (Å²) in [5, 5.41) is 3.26. The van der Waals surface area contributed by atoms with Gasteiger partial charge in [0.05, 0.1) is 16.6 Å². The van der Waals surface area contributed by atoms with Crippen molar-refractivity contribution >= 4 is 39.1 Å². The van der Waals surface area contributed by atoms with Crippen LogP contribution in [0.5, 0.6) is 11.5 Å². The lowest BCUT2D eigenvalue weighted by molar-refractivity contribution is -0.134. The van der Waals surface area contributed by atoms with Crippen LogP contribution in [0.25, 0.3) is 10.2 Å². The van der Waals surface area contributed by atoms with Crippen molar-refractivity contribution in [2.45, 2.75) is 33.7 Å². The number of piperidine rings is 1. The minimum absolute atomic E-state index is 0.0601. The Bertz CT molecular complexity index is 1520. The van der Waals surface area contributed by atoms with Gasteiger partial charge in [-0.3, -0.25) is 19.0 Å². The number of ether oxygens (including phenoxy) is 1. The molecule has 38 heavy (non-hydrogen) atoms. The van der Waals surface area contributed by atoms with Crippen LogP contribution in [0, 0.1) is 18.8 Å². The maximum Gasteiger partial charge on any atom is 0.266 e. The Morgan fingerprint density at radius 2 is 1.68 bits per heavy atom. The number of thiophene rings is 1. The van der Waals surface area contributed by atoms with Crippen molar-refractivity contribution < 1.29 is 14.3 Å². The van der Waals surface area contributed by atoms with E-state index in [4.69, 9.17) is 4.74 Å². The maximum absolute atomic E-state index is 13.3. The molecule has 1 N–H and O–H groups in total. The number of amides is 2. The molecule has 0 unspecified atom stereocenters. The van der Waals surface area contributed by atoms with Gasteiger partial charge in [-0.05, 0) is 67.1 Å². The van der Waals surface area contributed by atoms with Crippen LogP contribution in [0.15, 0.2) is 65.7 Å². The van der Waals surface area contributed by atoms with Crippen molar-refractivity contribution in [1.29, 1.82) is 0 Å². The molecule has 4 aromatic rings. The summed E-state index contributed by atoms with van der Waals surface area (Å²) in [7, 11) is 0. The third kappa shape index (κ3) is 5.47. The second kappa shape index (κ2) is 10.8. The minimum Gasteiger partial charge on any atom is -0.457 e. The van der Waals surface area contributed by atoms with Gasteiger partial charge in [0.25, 0.3) is 11.5 Å². The predicted molar refractivity (Wildman–Crippen MR) is 149 cm³/mol. The van der Waals surface area contributed by atoms with Crippen LogP contribution in [0.4, 0.5) is 5.69 Å². The lowest BCUT2D eigenvalue weighted by atomic mass is 9.92. The van der Waals surface area contributed by atoms with Crippen LogP contribution in [0.1, 0.15) is 35.5 Å². The van der Waals surface area contributed by atoms with E-state index >= 15 is 0 Å². The Hall–Kier alpha value is -3.98. The molecule has 2 aromatic heterocycles. The third-order valence-corrected chi connectivity index (χ3v) is 7.94. The van der Waals surface area contributed by atoms with Gasteiger partial charge in [0.1, 0.15) is 22.9 Å². The molecule has 2 atom stereocenters. The summed E-state index contributed by atoms with van der Waals surface area (Å²) in [5.74, 6) is 1.85. The Morgan fingerprint density at radius 3 is 2.37 bits per heavy atom. The van der Waals surface area contributed by atoms with Crippen molar-refractivity contribution in [3.63, 3.8) is 0 Å². The largest absolute Gasteiger partial charge is 0.457 e. The zero-order valence-corrected chi connectivity index (χ0v) is 22.5. The number of anilines is 1. The molecule has 1 fully saturated rings. The topological polar surface area (TPSA) is 93.5 Å². The number of hydrogen-bond donors (Lipinski definition) is 1. The molecule has 0 bridgehead atoms. The first kappa shape index (κ1) is 25.7. The quantitative estimate of drug-likeness (QED) is 0.364. The van der Waals surface area contributed by atoms with Gasteiger partial charge in [-0.2, -0.15) is 0 Å². The Morgan fingerprint density at radius 1 is 1.03 bits per heavy atom. The fraction of sp³-hybridized carbons (Fsp3) is 0.310. The molecule has 2 aromatic carbocycles. The van der Waals surface area contributed by atoms with Crippen LogP contribution in [-0.4, -0.2) is 39.4 Å². The number of carbonyl (C=O) groups is 2. The van der Waals surface area contributed by atoms with E-state index in [1.165, 1.54) is 22.2 Å². The lowest BCUT2D eigenvalue weighted by Crippen LogP contribution is -2.44. The highest BCUT2D eigenvalue weighted by Crippen LogP contribution is 2.29. The molecule has 1 saturated heterocycles. The van der Waals surface area contributed by atoms with E-state index in [9.17, 15) is 14.4 Å². The highest BCUT2D eigenvalue weighted by atomic mass is 32.1. The number of aromatic nitrogens is 2. The number of nitrogens with one attached hydrogen (secondary N) is 1. The fourth-order valence-electron chi connectivity index (χ4n) is 5.02. The average molecular weight is 531 g/mol. The number of carbonyl (C=O) groups excluding carboxylic acids is 2. The van der Waals surface area contributed by atoms with E-state index in [1.54, 1.807) is 31.2 Å². The molecule has 0 radical (unpaired) electrons. The molecule has 8 nitrogen and oxygen atoms in total. The molecular formula is C29H30N4O4S. The monoisotopic (exact) mass is 530 g/mol. The first-order valence-corrected chi connectivity index (χ1v) is 13.5. The smallest absolute Gasteiger partial charge is 0.266 e. The van der Waals surface area contributed by atoms with Gasteiger partial charge in [-0.25, -0.2) is 4.98 Å². The van der Waals surface area contributed by atoms with Gasteiger partial charge >= 0.3 is 0 Å². The van der Waals surface area contributed by atoms with Gasteiger partial charge < -0.3 is 15.0 Å². The van der Waals surface area contributed by atoms with Crippen molar-refractivity contribution in [2.24, 2.45) is 11.8 Å². The van der Waals surface area contributed by atoms with Gasteiger partial charge in [0.15, 0.2) is 0 Å². The Labute approximate surface area is 224 Å². The number of likely N-dealkylation sites (tertiary alicyclic amines) is 1. The second-order valence-electron chi connectivity index (χ2n) is 10.1. The van der Waals surface area contributed by atoms with E-state index in [-0.39, 0.29) is 23.9 Å². The lowest BCUT2D eigenvalue weighted by Gasteiger charge is -2.35. The van der Waals surface area contributed by atoms with Crippen molar-refractivity contribution in [3.05, 3.63) is 81.7 Å². The summed E-state index contributed by atoms with van der Waals surface area (Å²) in [6, 6.07) is 16.5. The molecule has 0 saturated carbocycles. The molecule has 3 heterocycles. The zero-order valence-electron chi connectivity index (χ0n) is 21.6. The molecular weight excluding hydrogens is 500 g/mol. The average Bonchev–Trinajstić information content (AvgIpc) is 3.24. The van der Waals surface area contributed by atoms with E-state index in [0.717, 1.165) is 12.2 Å².